The van der Waals surface area contributed by atoms with Crippen LogP contribution in [0.15, 0.2) is 0 Å². The summed E-state index contributed by atoms with van der Waals surface area (Å²) in [4.78, 5) is 53.3. The summed E-state index contributed by atoms with van der Waals surface area (Å²) in [6.07, 6.45) is -0.839. The van der Waals surface area contributed by atoms with Gasteiger partial charge in [0, 0.05) is 0 Å². The molecule has 0 rings (SSSR count). The number of hydrogen-bond acceptors (Lipinski definition) is 7. The van der Waals surface area contributed by atoms with Gasteiger partial charge in [-0.2, -0.15) is 0 Å². The number of rotatable bonds is 17. The van der Waals surface area contributed by atoms with E-state index in [9.17, 15) is 19.2 Å². The van der Waals surface area contributed by atoms with Crippen molar-refractivity contribution in [2.24, 2.45) is 23.5 Å². The Morgan fingerprint density at radius 1 is 0.694 bits per heavy atom. The lowest BCUT2D eigenvalue weighted by Crippen LogP contribution is -2.58. The largest absolute Gasteiger partial charge is 0.444 e. The molecule has 0 saturated carbocycles. The number of hydrogen-bond donors (Lipinski definition) is 4. The molecular formula is C36H74N4O7Si2. The molecule has 4 amide bonds. The average Bonchev–Trinajstić information content (AvgIpc) is 2.88. The molecular weight excluding hydrogens is 657 g/mol. The third kappa shape index (κ3) is 15.0. The lowest BCUT2D eigenvalue weighted by molar-refractivity contribution is -0.136. The standard InChI is InChI=1S/C36H74N4O7Si2/c1-20-23(4)29(30(37)41)40-32(43)28(22(2)3)39-31(42)26(25(6)46-48(16,17)35(10,11)12)21-27(47-49(18,19)36(13,14)15)24(5)38-33(44)45-34(7,8)9/h22-29H,20-21H2,1-19H3,(H2,37,41)(H,38,44)(H,39,42)(H,40,43)/t23?,24-,25-,26-,27+,28-,29-/m0/s1. The summed E-state index contributed by atoms with van der Waals surface area (Å²) in [6, 6.07) is -2.32. The molecule has 0 bridgehead atoms. The first-order chi connectivity index (χ1) is 21.8. The van der Waals surface area contributed by atoms with Crippen LogP contribution < -0.4 is 21.7 Å². The topological polar surface area (TPSA) is 158 Å². The zero-order chi connectivity index (χ0) is 39.1. The first kappa shape index (κ1) is 47.0. The summed E-state index contributed by atoms with van der Waals surface area (Å²) in [5.41, 5.74) is 4.96. The summed E-state index contributed by atoms with van der Waals surface area (Å²) < 4.78 is 19.3. The van der Waals surface area contributed by atoms with Crippen LogP contribution in [0.1, 0.15) is 117 Å². The molecule has 49 heavy (non-hydrogen) atoms. The number of nitrogens with two attached hydrogens (primary N) is 1. The summed E-state index contributed by atoms with van der Waals surface area (Å²) in [6.45, 7) is 38.0. The number of carbonyl (C=O) groups is 4. The van der Waals surface area contributed by atoms with Crippen molar-refractivity contribution >= 4 is 40.4 Å². The van der Waals surface area contributed by atoms with Crippen LogP contribution in [0.4, 0.5) is 4.79 Å². The Kier molecular flexibility index (Phi) is 17.3. The van der Waals surface area contributed by atoms with Gasteiger partial charge in [-0.05, 0) is 89.1 Å². The highest BCUT2D eigenvalue weighted by Crippen LogP contribution is 2.40. The van der Waals surface area contributed by atoms with E-state index in [0.29, 0.717) is 6.42 Å². The molecule has 1 unspecified atom stereocenters. The van der Waals surface area contributed by atoms with Gasteiger partial charge in [0.2, 0.25) is 17.7 Å². The van der Waals surface area contributed by atoms with Crippen LogP contribution in [-0.2, 0) is 28.0 Å². The Bertz CT molecular complexity index is 1110. The van der Waals surface area contributed by atoms with Crippen molar-refractivity contribution in [1.29, 1.82) is 0 Å². The van der Waals surface area contributed by atoms with E-state index in [0.717, 1.165) is 0 Å². The maximum atomic E-state index is 14.5. The normalized spacial score (nSPS) is 17.6. The Balaban J connectivity index is 6.92. The van der Waals surface area contributed by atoms with Crippen molar-refractivity contribution in [3.05, 3.63) is 0 Å². The zero-order valence-electron chi connectivity index (χ0n) is 34.5. The van der Waals surface area contributed by atoms with Gasteiger partial charge in [-0.1, -0.05) is 75.7 Å². The summed E-state index contributed by atoms with van der Waals surface area (Å²) >= 11 is 0. The average molecular weight is 731 g/mol. The zero-order valence-corrected chi connectivity index (χ0v) is 36.5. The van der Waals surface area contributed by atoms with E-state index in [2.05, 4.69) is 83.7 Å². The molecule has 0 aromatic heterocycles. The first-order valence-corrected chi connectivity index (χ1v) is 23.8. The second-order valence-electron chi connectivity index (χ2n) is 18.3. The predicted octanol–water partition coefficient (Wildman–Crippen LogP) is 6.86. The minimum absolute atomic E-state index is 0.120. The third-order valence-electron chi connectivity index (χ3n) is 10.3. The fraction of sp³-hybridized carbons (Fsp3) is 0.889. The van der Waals surface area contributed by atoms with Crippen LogP contribution in [0.25, 0.3) is 0 Å². The predicted molar refractivity (Wildman–Crippen MR) is 204 cm³/mol. The lowest BCUT2D eigenvalue weighted by Gasteiger charge is -2.44. The van der Waals surface area contributed by atoms with Crippen LogP contribution >= 0.6 is 0 Å². The van der Waals surface area contributed by atoms with Crippen LogP contribution in [0.2, 0.25) is 36.3 Å². The van der Waals surface area contributed by atoms with E-state index >= 15 is 0 Å². The highest BCUT2D eigenvalue weighted by Gasteiger charge is 2.45. The monoisotopic (exact) mass is 731 g/mol. The number of alkyl carbamates (subject to hydrolysis) is 1. The highest BCUT2D eigenvalue weighted by molar-refractivity contribution is 6.74. The first-order valence-electron chi connectivity index (χ1n) is 18.0. The van der Waals surface area contributed by atoms with Crippen molar-refractivity contribution in [2.75, 3.05) is 0 Å². The van der Waals surface area contributed by atoms with E-state index < -0.39 is 76.4 Å². The molecule has 5 N–H and O–H groups in total. The van der Waals surface area contributed by atoms with Crippen molar-refractivity contribution < 1.29 is 32.8 Å². The van der Waals surface area contributed by atoms with Gasteiger partial charge in [-0.25, -0.2) is 4.79 Å². The lowest BCUT2D eigenvalue weighted by atomic mass is 9.91. The van der Waals surface area contributed by atoms with Gasteiger partial charge in [0.15, 0.2) is 16.6 Å². The van der Waals surface area contributed by atoms with E-state index in [1.165, 1.54) is 0 Å². The number of nitrogens with one attached hydrogen (secondary N) is 3. The van der Waals surface area contributed by atoms with Crippen LogP contribution in [0.3, 0.4) is 0 Å². The molecule has 0 aromatic carbocycles. The molecule has 11 nitrogen and oxygen atoms in total. The fourth-order valence-corrected chi connectivity index (χ4v) is 7.61. The van der Waals surface area contributed by atoms with Crippen molar-refractivity contribution in [1.82, 2.24) is 16.0 Å². The van der Waals surface area contributed by atoms with Crippen LogP contribution in [0, 0.1) is 17.8 Å². The van der Waals surface area contributed by atoms with E-state index in [4.69, 9.17) is 19.3 Å². The van der Waals surface area contributed by atoms with Gasteiger partial charge in [-0.3, -0.25) is 14.4 Å². The van der Waals surface area contributed by atoms with Crippen molar-refractivity contribution in [3.63, 3.8) is 0 Å². The van der Waals surface area contributed by atoms with Gasteiger partial charge in [0.25, 0.3) is 0 Å². The minimum atomic E-state index is -2.42. The van der Waals surface area contributed by atoms with Gasteiger partial charge >= 0.3 is 6.09 Å². The summed E-state index contributed by atoms with van der Waals surface area (Å²) in [7, 11) is -4.77. The summed E-state index contributed by atoms with van der Waals surface area (Å²) in [5, 5.41) is 8.49. The molecule has 0 radical (unpaired) electrons. The number of carbonyl (C=O) groups excluding carboxylic acids is 4. The van der Waals surface area contributed by atoms with Gasteiger partial charge in [-0.15, -0.1) is 0 Å². The molecule has 0 aromatic rings. The molecule has 0 spiro atoms. The SMILES string of the molecule is CCC(C)[C@H](NC(=O)[C@@H](NC(=O)[C@@H](C[C@@H](O[Si](C)(C)C(C)(C)C)[C@H](C)NC(=O)OC(C)(C)C)[C@H](C)O[Si](C)(C)C(C)(C)C)C(C)C)C(N)=O. The maximum Gasteiger partial charge on any atom is 0.407 e. The van der Waals surface area contributed by atoms with Crippen molar-refractivity contribution in [2.45, 2.75) is 189 Å². The molecule has 7 atom stereocenters. The Morgan fingerprint density at radius 2 is 1.14 bits per heavy atom. The Morgan fingerprint density at radius 3 is 1.53 bits per heavy atom. The Hall–Kier alpha value is -1.97. The van der Waals surface area contributed by atoms with Gasteiger partial charge in [0.05, 0.1) is 24.2 Å². The molecule has 0 heterocycles. The van der Waals surface area contributed by atoms with Crippen LogP contribution in [-0.4, -0.2) is 76.4 Å². The quantitative estimate of drug-likeness (QED) is 0.119. The highest BCUT2D eigenvalue weighted by atomic mass is 28.4. The molecule has 288 valence electrons. The van der Waals surface area contributed by atoms with Gasteiger partial charge < -0.3 is 35.3 Å². The van der Waals surface area contributed by atoms with Gasteiger partial charge in [0.1, 0.15) is 17.7 Å². The number of ether oxygens (including phenoxy) is 1. The smallest absolute Gasteiger partial charge is 0.407 e. The van der Waals surface area contributed by atoms with E-state index in [1.54, 1.807) is 20.8 Å². The molecule has 0 aliphatic rings. The van der Waals surface area contributed by atoms with E-state index in [1.807, 2.05) is 41.5 Å². The molecule has 13 heteroatoms. The van der Waals surface area contributed by atoms with E-state index in [-0.39, 0.29) is 34.2 Å². The molecule has 0 aliphatic carbocycles. The number of amides is 4. The molecule has 0 aliphatic heterocycles. The Labute approximate surface area is 300 Å². The number of primary amides is 1. The minimum Gasteiger partial charge on any atom is -0.444 e. The third-order valence-corrected chi connectivity index (χ3v) is 19.4. The molecule has 0 fully saturated rings. The van der Waals surface area contributed by atoms with Crippen molar-refractivity contribution in [3.8, 4) is 0 Å². The summed E-state index contributed by atoms with van der Waals surface area (Å²) in [5.74, 6) is -2.68. The fourth-order valence-electron chi connectivity index (χ4n) is 4.75. The molecule has 0 saturated heterocycles. The second-order valence-corrected chi connectivity index (χ2v) is 27.8. The maximum absolute atomic E-state index is 14.5. The van der Waals surface area contributed by atoms with Crippen LogP contribution in [0.5, 0.6) is 0 Å². The second kappa shape index (κ2) is 18.0.